The molecule has 2 aromatic heterocycles. The summed E-state index contributed by atoms with van der Waals surface area (Å²) < 4.78 is 7.75. The number of ether oxygens (including phenoxy) is 1. The molecule has 26 heavy (non-hydrogen) atoms. The van der Waals surface area contributed by atoms with Gasteiger partial charge in [0.2, 0.25) is 0 Å². The van der Waals surface area contributed by atoms with Crippen molar-refractivity contribution in [1.29, 1.82) is 0 Å². The van der Waals surface area contributed by atoms with Gasteiger partial charge in [-0.3, -0.25) is 14.5 Å². The Hall–Kier alpha value is -2.21. The zero-order chi connectivity index (χ0) is 17.9. The largest absolute Gasteiger partial charge is 0.381 e. The number of aryl methyl sites for hydroxylation is 1. The quantitative estimate of drug-likeness (QED) is 0.767. The van der Waals surface area contributed by atoms with E-state index in [0.29, 0.717) is 30.7 Å². The third-order valence-electron chi connectivity index (χ3n) is 5.48. The van der Waals surface area contributed by atoms with E-state index in [0.717, 1.165) is 25.6 Å². The standard InChI is InChI=1S/C20H26N4O2/c1-2-24-19(7-10-22-24)20(25)23-11-17(14-26-13-15-3-4-15)18(12-23)16-5-8-21-9-6-16/h5-10,15,17-18H,2-4,11-14H2,1H3/t17-,18-/m0/s1. The minimum Gasteiger partial charge on any atom is -0.381 e. The Morgan fingerprint density at radius 3 is 2.69 bits per heavy atom. The third-order valence-corrected chi connectivity index (χ3v) is 5.48. The number of hydrogen-bond acceptors (Lipinski definition) is 4. The molecule has 138 valence electrons. The lowest BCUT2D eigenvalue weighted by molar-refractivity contribution is 0.0729. The monoisotopic (exact) mass is 354 g/mol. The second-order valence-electron chi connectivity index (χ2n) is 7.37. The summed E-state index contributed by atoms with van der Waals surface area (Å²) in [4.78, 5) is 19.1. The van der Waals surface area contributed by atoms with Gasteiger partial charge >= 0.3 is 0 Å². The molecule has 0 radical (unpaired) electrons. The Balaban J connectivity index is 1.49. The summed E-state index contributed by atoms with van der Waals surface area (Å²) in [7, 11) is 0. The SMILES string of the molecule is CCn1nccc1C(=O)N1C[C@@H](COCC2CC2)[C@H](c2ccncc2)C1. The Bertz CT molecular complexity index is 741. The van der Waals surface area contributed by atoms with Crippen molar-refractivity contribution >= 4 is 5.91 Å². The van der Waals surface area contributed by atoms with Gasteiger partial charge in [0.25, 0.3) is 5.91 Å². The van der Waals surface area contributed by atoms with Gasteiger partial charge in [0, 0.05) is 56.7 Å². The zero-order valence-corrected chi connectivity index (χ0v) is 15.3. The fourth-order valence-corrected chi connectivity index (χ4v) is 3.79. The van der Waals surface area contributed by atoms with Crippen LogP contribution in [0.4, 0.5) is 0 Å². The molecular weight excluding hydrogens is 328 g/mol. The molecule has 2 atom stereocenters. The van der Waals surface area contributed by atoms with E-state index in [2.05, 4.69) is 22.2 Å². The van der Waals surface area contributed by atoms with Gasteiger partial charge in [-0.2, -0.15) is 5.10 Å². The van der Waals surface area contributed by atoms with Crippen LogP contribution < -0.4 is 0 Å². The van der Waals surface area contributed by atoms with Crippen LogP contribution in [0.1, 0.15) is 41.7 Å². The average Bonchev–Trinajstić information content (AvgIpc) is 3.21. The summed E-state index contributed by atoms with van der Waals surface area (Å²) in [6.45, 7) is 5.71. The van der Waals surface area contributed by atoms with Crippen LogP contribution in [0.2, 0.25) is 0 Å². The van der Waals surface area contributed by atoms with Crippen molar-refractivity contribution < 1.29 is 9.53 Å². The number of hydrogen-bond donors (Lipinski definition) is 0. The summed E-state index contributed by atoms with van der Waals surface area (Å²) in [6.07, 6.45) is 7.94. The molecule has 0 spiro atoms. The normalized spacial score (nSPS) is 22.7. The first kappa shape index (κ1) is 17.2. The van der Waals surface area contributed by atoms with Crippen molar-refractivity contribution in [2.45, 2.75) is 32.2 Å². The lowest BCUT2D eigenvalue weighted by atomic mass is 9.90. The molecule has 0 aromatic carbocycles. The van der Waals surface area contributed by atoms with Gasteiger partial charge in [0.1, 0.15) is 5.69 Å². The molecule has 0 N–H and O–H groups in total. The van der Waals surface area contributed by atoms with Crippen molar-refractivity contribution in [2.75, 3.05) is 26.3 Å². The van der Waals surface area contributed by atoms with Crippen LogP contribution >= 0.6 is 0 Å². The van der Waals surface area contributed by atoms with Crippen LogP contribution in [0.3, 0.4) is 0 Å². The molecule has 1 aliphatic heterocycles. The number of carbonyl (C=O) groups excluding carboxylic acids is 1. The van der Waals surface area contributed by atoms with Crippen molar-refractivity contribution in [3.05, 3.63) is 48.0 Å². The molecule has 6 nitrogen and oxygen atoms in total. The first-order chi connectivity index (χ1) is 12.8. The van der Waals surface area contributed by atoms with Gasteiger partial charge in [0.15, 0.2) is 0 Å². The van der Waals surface area contributed by atoms with E-state index in [9.17, 15) is 4.79 Å². The van der Waals surface area contributed by atoms with Crippen LogP contribution in [-0.4, -0.2) is 51.9 Å². The molecule has 0 unspecified atom stereocenters. The fraction of sp³-hybridized carbons (Fsp3) is 0.550. The van der Waals surface area contributed by atoms with Gasteiger partial charge < -0.3 is 9.64 Å². The first-order valence-corrected chi connectivity index (χ1v) is 9.55. The predicted molar refractivity (Wildman–Crippen MR) is 97.8 cm³/mol. The van der Waals surface area contributed by atoms with Crippen LogP contribution in [-0.2, 0) is 11.3 Å². The second kappa shape index (κ2) is 7.58. The molecule has 3 heterocycles. The minimum atomic E-state index is 0.0631. The van der Waals surface area contributed by atoms with E-state index in [1.54, 1.807) is 10.9 Å². The summed E-state index contributed by atoms with van der Waals surface area (Å²) in [5, 5.41) is 4.24. The highest BCUT2D eigenvalue weighted by Gasteiger charge is 2.37. The summed E-state index contributed by atoms with van der Waals surface area (Å²) in [6, 6.07) is 5.93. The molecule has 1 aliphatic carbocycles. The van der Waals surface area contributed by atoms with Crippen LogP contribution in [0.15, 0.2) is 36.8 Å². The maximum absolute atomic E-state index is 13.0. The molecule has 4 rings (SSSR count). The van der Waals surface area contributed by atoms with Crippen LogP contribution in [0, 0.1) is 11.8 Å². The average molecular weight is 354 g/mol. The van der Waals surface area contributed by atoms with Crippen molar-refractivity contribution in [3.8, 4) is 0 Å². The molecule has 2 fully saturated rings. The maximum Gasteiger partial charge on any atom is 0.272 e. The van der Waals surface area contributed by atoms with Gasteiger partial charge in [-0.1, -0.05) is 0 Å². The minimum absolute atomic E-state index is 0.0631. The van der Waals surface area contributed by atoms with E-state index < -0.39 is 0 Å². The van der Waals surface area contributed by atoms with Gasteiger partial charge in [-0.25, -0.2) is 0 Å². The van der Waals surface area contributed by atoms with Crippen molar-refractivity contribution in [3.63, 3.8) is 0 Å². The van der Waals surface area contributed by atoms with E-state index >= 15 is 0 Å². The van der Waals surface area contributed by atoms with Crippen LogP contribution in [0.5, 0.6) is 0 Å². The Labute approximate surface area is 154 Å². The highest BCUT2D eigenvalue weighted by Crippen LogP contribution is 2.34. The van der Waals surface area contributed by atoms with Gasteiger partial charge in [0.05, 0.1) is 6.61 Å². The topological polar surface area (TPSA) is 60.2 Å². The number of rotatable bonds is 7. The van der Waals surface area contributed by atoms with Crippen molar-refractivity contribution in [2.24, 2.45) is 11.8 Å². The highest BCUT2D eigenvalue weighted by atomic mass is 16.5. The van der Waals surface area contributed by atoms with E-state index in [1.165, 1.54) is 18.4 Å². The molecule has 2 aliphatic rings. The lowest BCUT2D eigenvalue weighted by Gasteiger charge is -2.18. The summed E-state index contributed by atoms with van der Waals surface area (Å²) in [5.74, 6) is 1.43. The Morgan fingerprint density at radius 1 is 1.15 bits per heavy atom. The van der Waals surface area contributed by atoms with Gasteiger partial charge in [-0.15, -0.1) is 0 Å². The molecule has 1 saturated carbocycles. The fourth-order valence-electron chi connectivity index (χ4n) is 3.79. The Kier molecular flexibility index (Phi) is 5.02. The smallest absolute Gasteiger partial charge is 0.272 e. The van der Waals surface area contributed by atoms with Crippen LogP contribution in [0.25, 0.3) is 0 Å². The molecule has 0 bridgehead atoms. The molecule has 6 heteroatoms. The van der Waals surface area contributed by atoms with E-state index in [1.807, 2.05) is 30.3 Å². The number of carbonyl (C=O) groups is 1. The van der Waals surface area contributed by atoms with Gasteiger partial charge in [-0.05, 0) is 49.4 Å². The molecule has 1 amide bonds. The number of pyridine rings is 1. The third kappa shape index (κ3) is 3.65. The van der Waals surface area contributed by atoms with Crippen molar-refractivity contribution in [1.82, 2.24) is 19.7 Å². The second-order valence-corrected chi connectivity index (χ2v) is 7.37. The maximum atomic E-state index is 13.0. The van der Waals surface area contributed by atoms with E-state index in [4.69, 9.17) is 4.74 Å². The highest BCUT2D eigenvalue weighted by molar-refractivity contribution is 5.92. The van der Waals surface area contributed by atoms with E-state index in [-0.39, 0.29) is 5.91 Å². The predicted octanol–water partition coefficient (Wildman–Crippen LogP) is 2.58. The Morgan fingerprint density at radius 2 is 1.96 bits per heavy atom. The molecule has 1 saturated heterocycles. The number of nitrogens with zero attached hydrogens (tertiary/aromatic N) is 4. The number of likely N-dealkylation sites (tertiary alicyclic amines) is 1. The lowest BCUT2D eigenvalue weighted by Crippen LogP contribution is -2.31. The number of aromatic nitrogens is 3. The first-order valence-electron chi connectivity index (χ1n) is 9.55. The number of amides is 1. The molecule has 2 aromatic rings. The molecular formula is C20H26N4O2. The summed E-state index contributed by atoms with van der Waals surface area (Å²) in [5.41, 5.74) is 1.90. The zero-order valence-electron chi connectivity index (χ0n) is 15.3. The summed E-state index contributed by atoms with van der Waals surface area (Å²) >= 11 is 0.